The molecular weight excluding hydrogens is 328 g/mol. The van der Waals surface area contributed by atoms with Gasteiger partial charge in [0, 0.05) is 0 Å². The molecule has 0 N–H and O–H groups in total. The molecule has 4 aromatic rings. The van der Waals surface area contributed by atoms with Gasteiger partial charge in [-0.05, 0) is 35.5 Å². The van der Waals surface area contributed by atoms with Gasteiger partial charge < -0.3 is 8.83 Å². The molecule has 0 fully saturated rings. The lowest BCUT2D eigenvalue weighted by Crippen LogP contribution is -2.01. The molecule has 1 aromatic carbocycles. The number of hydrogen-bond donors (Lipinski definition) is 0. The summed E-state index contributed by atoms with van der Waals surface area (Å²) < 4.78 is 12.6. The van der Waals surface area contributed by atoms with Gasteiger partial charge in [-0.25, -0.2) is 0 Å². The fourth-order valence-corrected chi connectivity index (χ4v) is 2.84. The van der Waals surface area contributed by atoms with Crippen molar-refractivity contribution in [2.24, 2.45) is 0 Å². The van der Waals surface area contributed by atoms with Crippen LogP contribution >= 0.6 is 11.8 Å². The Morgan fingerprint density at radius 1 is 1.08 bits per heavy atom. The first-order valence-electron chi connectivity index (χ1n) is 7.15. The van der Waals surface area contributed by atoms with E-state index in [0.29, 0.717) is 22.7 Å². The van der Waals surface area contributed by atoms with Crippen molar-refractivity contribution in [2.75, 3.05) is 0 Å². The summed E-state index contributed by atoms with van der Waals surface area (Å²) in [5.41, 5.74) is 1.70. The van der Waals surface area contributed by atoms with Crippen LogP contribution in [0.5, 0.6) is 0 Å². The Balaban J connectivity index is 1.50. The number of para-hydroxylation sites is 1. The number of tetrazole rings is 1. The highest BCUT2D eigenvalue weighted by Crippen LogP contribution is 2.27. The van der Waals surface area contributed by atoms with E-state index in [-0.39, 0.29) is 0 Å². The maximum Gasteiger partial charge on any atom is 0.277 e. The van der Waals surface area contributed by atoms with Gasteiger partial charge >= 0.3 is 0 Å². The zero-order valence-corrected chi connectivity index (χ0v) is 13.5. The Labute approximate surface area is 140 Å². The normalized spacial score (nSPS) is 11.0. The first kappa shape index (κ1) is 14.6. The second-order valence-corrected chi connectivity index (χ2v) is 5.82. The molecule has 0 atom stereocenters. The fourth-order valence-electron chi connectivity index (χ4n) is 2.18. The second-order valence-electron chi connectivity index (χ2n) is 4.89. The predicted octanol–water partition coefficient (Wildman–Crippen LogP) is 2.91. The lowest BCUT2D eigenvalue weighted by molar-refractivity contribution is 0.463. The van der Waals surface area contributed by atoms with Crippen LogP contribution in [0, 0.1) is 6.92 Å². The van der Waals surface area contributed by atoms with Crippen LogP contribution in [0.25, 0.3) is 17.1 Å². The zero-order valence-electron chi connectivity index (χ0n) is 12.7. The highest BCUT2D eigenvalue weighted by atomic mass is 32.2. The molecule has 24 heavy (non-hydrogen) atoms. The minimum absolute atomic E-state index is 0.436. The highest BCUT2D eigenvalue weighted by molar-refractivity contribution is 7.98. The quantitative estimate of drug-likeness (QED) is 0.512. The van der Waals surface area contributed by atoms with Crippen molar-refractivity contribution < 1.29 is 8.83 Å². The summed E-state index contributed by atoms with van der Waals surface area (Å²) in [4.78, 5) is 0. The highest BCUT2D eigenvalue weighted by Gasteiger charge is 2.15. The summed E-state index contributed by atoms with van der Waals surface area (Å²) >= 11 is 1.38. The third-order valence-electron chi connectivity index (χ3n) is 3.36. The van der Waals surface area contributed by atoms with E-state index in [1.54, 1.807) is 17.0 Å². The molecule has 3 aromatic heterocycles. The third-order valence-corrected chi connectivity index (χ3v) is 4.17. The number of nitrogens with zero attached hydrogens (tertiary/aromatic N) is 6. The van der Waals surface area contributed by atoms with E-state index in [2.05, 4.69) is 25.7 Å². The molecule has 0 aliphatic heterocycles. The number of benzene rings is 1. The van der Waals surface area contributed by atoms with E-state index in [4.69, 9.17) is 8.83 Å². The predicted molar refractivity (Wildman–Crippen MR) is 85.5 cm³/mol. The molecule has 8 nitrogen and oxygen atoms in total. The summed E-state index contributed by atoms with van der Waals surface area (Å²) in [7, 11) is 0. The molecule has 3 heterocycles. The van der Waals surface area contributed by atoms with Crippen molar-refractivity contribution in [3.63, 3.8) is 0 Å². The molecule has 0 saturated heterocycles. The van der Waals surface area contributed by atoms with Crippen LogP contribution in [-0.2, 0) is 5.75 Å². The molecular formula is C15H12N6O2S. The Morgan fingerprint density at radius 3 is 2.75 bits per heavy atom. The van der Waals surface area contributed by atoms with Crippen LogP contribution in [-0.4, -0.2) is 30.4 Å². The molecule has 0 saturated carbocycles. The van der Waals surface area contributed by atoms with Crippen molar-refractivity contribution in [1.82, 2.24) is 30.4 Å². The Kier molecular flexibility index (Phi) is 3.83. The molecule has 0 spiro atoms. The SMILES string of the molecule is Cc1occc1-c1nnc(SCc2nnnn2-c2ccccc2)o1. The fraction of sp³-hybridized carbons (Fsp3) is 0.133. The monoisotopic (exact) mass is 340 g/mol. The van der Waals surface area contributed by atoms with Crippen LogP contribution in [0.4, 0.5) is 0 Å². The molecule has 0 unspecified atom stereocenters. The number of thioether (sulfide) groups is 1. The largest absolute Gasteiger partial charge is 0.469 e. The van der Waals surface area contributed by atoms with Gasteiger partial charge in [0.1, 0.15) is 5.76 Å². The summed E-state index contributed by atoms with van der Waals surface area (Å²) in [6.45, 7) is 1.85. The maximum atomic E-state index is 5.66. The summed E-state index contributed by atoms with van der Waals surface area (Å²) in [6, 6.07) is 11.5. The molecule has 120 valence electrons. The number of aromatic nitrogens is 6. The van der Waals surface area contributed by atoms with E-state index >= 15 is 0 Å². The smallest absolute Gasteiger partial charge is 0.277 e. The standard InChI is InChI=1S/C15H12N6O2S/c1-10-12(7-8-22-10)14-17-18-15(23-14)24-9-13-16-19-20-21(13)11-5-3-2-4-6-11/h2-8H,9H2,1H3. The lowest BCUT2D eigenvalue weighted by Gasteiger charge is -2.02. The van der Waals surface area contributed by atoms with Gasteiger partial charge in [-0.3, -0.25) is 0 Å². The van der Waals surface area contributed by atoms with Crippen LogP contribution in [0.15, 0.2) is 56.7 Å². The van der Waals surface area contributed by atoms with Crippen LogP contribution in [0.1, 0.15) is 11.6 Å². The Bertz CT molecular complexity index is 946. The first-order valence-corrected chi connectivity index (χ1v) is 8.13. The van der Waals surface area contributed by atoms with Crippen molar-refractivity contribution >= 4 is 11.8 Å². The topological polar surface area (TPSA) is 95.7 Å². The zero-order chi connectivity index (χ0) is 16.4. The number of aryl methyl sites for hydroxylation is 1. The van der Waals surface area contributed by atoms with Crippen molar-refractivity contribution in [1.29, 1.82) is 0 Å². The van der Waals surface area contributed by atoms with Gasteiger partial charge in [0.25, 0.3) is 11.1 Å². The van der Waals surface area contributed by atoms with E-state index in [9.17, 15) is 0 Å². The van der Waals surface area contributed by atoms with Crippen molar-refractivity contribution in [3.05, 3.63) is 54.2 Å². The molecule has 9 heteroatoms. The van der Waals surface area contributed by atoms with E-state index in [1.807, 2.05) is 37.3 Å². The van der Waals surface area contributed by atoms with Gasteiger partial charge in [0.15, 0.2) is 5.82 Å². The van der Waals surface area contributed by atoms with Crippen molar-refractivity contribution in [3.8, 4) is 17.1 Å². The molecule has 0 aliphatic rings. The average molecular weight is 340 g/mol. The average Bonchev–Trinajstić information content (AvgIpc) is 3.34. The minimum Gasteiger partial charge on any atom is -0.469 e. The molecule has 0 radical (unpaired) electrons. The summed E-state index contributed by atoms with van der Waals surface area (Å²) in [5, 5.41) is 20.4. The molecule has 0 amide bonds. The lowest BCUT2D eigenvalue weighted by atomic mass is 10.3. The number of furan rings is 1. The van der Waals surface area contributed by atoms with Crippen LogP contribution in [0.3, 0.4) is 0 Å². The van der Waals surface area contributed by atoms with Crippen LogP contribution < -0.4 is 0 Å². The van der Waals surface area contributed by atoms with Gasteiger partial charge in [0.2, 0.25) is 0 Å². The van der Waals surface area contributed by atoms with Gasteiger partial charge in [-0.1, -0.05) is 30.0 Å². The van der Waals surface area contributed by atoms with Gasteiger partial charge in [0.05, 0.1) is 23.3 Å². The Morgan fingerprint density at radius 2 is 1.96 bits per heavy atom. The van der Waals surface area contributed by atoms with E-state index in [0.717, 1.165) is 17.0 Å². The van der Waals surface area contributed by atoms with Gasteiger partial charge in [-0.15, -0.1) is 15.3 Å². The molecule has 0 aliphatic carbocycles. The third kappa shape index (κ3) is 2.81. The second kappa shape index (κ2) is 6.28. The molecule has 4 rings (SSSR count). The minimum atomic E-state index is 0.436. The van der Waals surface area contributed by atoms with E-state index < -0.39 is 0 Å². The number of rotatable bonds is 5. The maximum absolute atomic E-state index is 5.66. The van der Waals surface area contributed by atoms with Gasteiger partial charge in [-0.2, -0.15) is 4.68 Å². The van der Waals surface area contributed by atoms with E-state index in [1.165, 1.54) is 11.8 Å². The van der Waals surface area contributed by atoms with Crippen molar-refractivity contribution in [2.45, 2.75) is 17.9 Å². The van der Waals surface area contributed by atoms with Crippen LogP contribution in [0.2, 0.25) is 0 Å². The first-order chi connectivity index (χ1) is 11.8. The number of hydrogen-bond acceptors (Lipinski definition) is 8. The molecule has 0 bridgehead atoms. The summed E-state index contributed by atoms with van der Waals surface area (Å²) in [5.74, 6) is 2.38. The summed E-state index contributed by atoms with van der Waals surface area (Å²) in [6.07, 6.45) is 1.59. The Hall–Kier alpha value is -2.94.